The van der Waals surface area contributed by atoms with Crippen molar-refractivity contribution < 1.29 is 0 Å². The summed E-state index contributed by atoms with van der Waals surface area (Å²) in [4.78, 5) is 20.6. The van der Waals surface area contributed by atoms with Crippen LogP contribution in [-0.4, -0.2) is 44.7 Å². The van der Waals surface area contributed by atoms with Crippen LogP contribution in [0.3, 0.4) is 0 Å². The van der Waals surface area contributed by atoms with E-state index in [4.69, 9.17) is 33.8 Å². The third kappa shape index (κ3) is 6.93. The SMILES string of the molecule is CC1CCN(c2cc(Sc3ncccn3)nc(NC(=S)NCC3(c4cccc(Cl)c4)CCCCC3)n2)CC1. The van der Waals surface area contributed by atoms with Crippen molar-refractivity contribution in [3.8, 4) is 0 Å². The van der Waals surface area contributed by atoms with E-state index < -0.39 is 0 Å². The molecule has 1 saturated carbocycles. The monoisotopic (exact) mass is 567 g/mol. The molecule has 1 aromatic carbocycles. The van der Waals surface area contributed by atoms with Crippen molar-refractivity contribution in [1.29, 1.82) is 0 Å². The molecule has 0 bridgehead atoms. The Morgan fingerprint density at radius 3 is 2.58 bits per heavy atom. The first-order chi connectivity index (χ1) is 18.5. The standard InChI is InChI=1S/C28H34ClN7S2/c1-20-9-15-36(16-10-20)23-18-24(38-27-30-13-6-14-31-27)34-25(33-23)35-26(37)32-19-28(11-3-2-4-12-28)21-7-5-8-22(29)17-21/h5-8,13-14,17-18,20H,2-4,9-12,15-16,19H2,1H3,(H2,32,33,34,35,37). The molecule has 1 saturated heterocycles. The van der Waals surface area contributed by atoms with Crippen molar-refractivity contribution >= 4 is 52.5 Å². The largest absolute Gasteiger partial charge is 0.361 e. The summed E-state index contributed by atoms with van der Waals surface area (Å²) in [7, 11) is 0. The average molecular weight is 568 g/mol. The van der Waals surface area contributed by atoms with E-state index in [2.05, 4.69) is 44.6 Å². The fourth-order valence-corrected chi connectivity index (χ4v) is 6.43. The maximum absolute atomic E-state index is 6.37. The number of aromatic nitrogens is 4. The van der Waals surface area contributed by atoms with Gasteiger partial charge in [-0.2, -0.15) is 4.98 Å². The van der Waals surface area contributed by atoms with Gasteiger partial charge in [0.2, 0.25) is 5.95 Å². The highest BCUT2D eigenvalue weighted by Crippen LogP contribution is 2.40. The number of piperidine rings is 1. The first-order valence-corrected chi connectivity index (χ1v) is 15.0. The second-order valence-corrected chi connectivity index (χ2v) is 12.2. The molecule has 2 aromatic heterocycles. The molecular weight excluding hydrogens is 534 g/mol. The number of benzene rings is 1. The van der Waals surface area contributed by atoms with Crippen LogP contribution < -0.4 is 15.5 Å². The summed E-state index contributed by atoms with van der Waals surface area (Å²) in [6.45, 7) is 5.01. The van der Waals surface area contributed by atoms with E-state index in [1.165, 1.54) is 36.6 Å². The van der Waals surface area contributed by atoms with E-state index in [1.54, 1.807) is 12.4 Å². The van der Waals surface area contributed by atoms with Gasteiger partial charge < -0.3 is 15.5 Å². The summed E-state index contributed by atoms with van der Waals surface area (Å²) in [6.07, 6.45) is 11.7. The molecule has 1 aliphatic heterocycles. The number of anilines is 2. The Kier molecular flexibility index (Phi) is 8.97. The Morgan fingerprint density at radius 2 is 1.84 bits per heavy atom. The minimum absolute atomic E-state index is 0.00769. The molecule has 200 valence electrons. The Balaban J connectivity index is 1.32. The van der Waals surface area contributed by atoms with Gasteiger partial charge in [-0.25, -0.2) is 15.0 Å². The molecule has 2 N–H and O–H groups in total. The minimum Gasteiger partial charge on any atom is -0.361 e. The first kappa shape index (κ1) is 27.1. The number of hydrogen-bond acceptors (Lipinski definition) is 7. The average Bonchev–Trinajstić information content (AvgIpc) is 2.93. The molecule has 0 unspecified atom stereocenters. The van der Waals surface area contributed by atoms with Crippen LogP contribution in [-0.2, 0) is 5.41 Å². The van der Waals surface area contributed by atoms with E-state index in [0.717, 1.165) is 67.1 Å². The molecule has 1 aliphatic carbocycles. The van der Waals surface area contributed by atoms with Gasteiger partial charge in [0, 0.05) is 48.5 Å². The van der Waals surface area contributed by atoms with E-state index in [1.807, 2.05) is 24.3 Å². The van der Waals surface area contributed by atoms with Gasteiger partial charge in [-0.05, 0) is 79.3 Å². The molecular formula is C28H34ClN7S2. The number of hydrogen-bond donors (Lipinski definition) is 2. The van der Waals surface area contributed by atoms with Crippen molar-refractivity contribution in [3.05, 3.63) is 59.4 Å². The maximum Gasteiger partial charge on any atom is 0.232 e. The van der Waals surface area contributed by atoms with Gasteiger partial charge in [0.1, 0.15) is 10.8 Å². The van der Waals surface area contributed by atoms with Crippen molar-refractivity contribution in [3.63, 3.8) is 0 Å². The van der Waals surface area contributed by atoms with Gasteiger partial charge in [0.05, 0.1) is 0 Å². The third-order valence-corrected chi connectivity index (χ3v) is 8.89. The lowest BCUT2D eigenvalue weighted by Crippen LogP contribution is -2.43. The van der Waals surface area contributed by atoms with Gasteiger partial charge in [-0.15, -0.1) is 0 Å². The smallest absolute Gasteiger partial charge is 0.232 e. The van der Waals surface area contributed by atoms with Gasteiger partial charge in [-0.1, -0.05) is 49.9 Å². The molecule has 10 heteroatoms. The van der Waals surface area contributed by atoms with Crippen molar-refractivity contribution in [2.75, 3.05) is 29.9 Å². The van der Waals surface area contributed by atoms with Gasteiger partial charge in [0.25, 0.3) is 0 Å². The Bertz CT molecular complexity index is 1230. The Labute approximate surface area is 239 Å². The fourth-order valence-electron chi connectivity index (χ4n) is 5.36. The van der Waals surface area contributed by atoms with Crippen molar-refractivity contribution in [2.24, 2.45) is 5.92 Å². The lowest BCUT2D eigenvalue weighted by molar-refractivity contribution is 0.292. The molecule has 0 radical (unpaired) electrons. The Morgan fingerprint density at radius 1 is 1.08 bits per heavy atom. The molecule has 0 spiro atoms. The molecule has 3 heterocycles. The molecule has 3 aromatic rings. The number of nitrogens with one attached hydrogen (secondary N) is 2. The summed E-state index contributed by atoms with van der Waals surface area (Å²) in [5, 5.41) is 9.49. The number of rotatable bonds is 7. The maximum atomic E-state index is 6.37. The Hall–Kier alpha value is -2.49. The van der Waals surface area contributed by atoms with Crippen LogP contribution in [0.25, 0.3) is 0 Å². The molecule has 2 fully saturated rings. The van der Waals surface area contributed by atoms with Crippen LogP contribution >= 0.6 is 35.6 Å². The highest BCUT2D eigenvalue weighted by molar-refractivity contribution is 7.99. The van der Waals surface area contributed by atoms with Crippen LogP contribution in [0, 0.1) is 5.92 Å². The predicted molar refractivity (Wildman–Crippen MR) is 159 cm³/mol. The van der Waals surface area contributed by atoms with E-state index in [0.29, 0.717) is 16.2 Å². The molecule has 5 rings (SSSR count). The zero-order valence-electron chi connectivity index (χ0n) is 21.7. The molecule has 7 nitrogen and oxygen atoms in total. The molecule has 0 amide bonds. The lowest BCUT2D eigenvalue weighted by Gasteiger charge is -2.38. The third-order valence-electron chi connectivity index (χ3n) is 7.60. The molecule has 38 heavy (non-hydrogen) atoms. The number of thiocarbonyl (C=S) groups is 1. The van der Waals surface area contributed by atoms with Crippen LogP contribution in [0.2, 0.25) is 5.02 Å². The predicted octanol–water partition coefficient (Wildman–Crippen LogP) is 6.50. The highest BCUT2D eigenvalue weighted by Gasteiger charge is 2.34. The quantitative estimate of drug-likeness (QED) is 0.189. The molecule has 2 aliphatic rings. The fraction of sp³-hybridized carbons (Fsp3) is 0.464. The zero-order valence-corrected chi connectivity index (χ0v) is 24.1. The summed E-state index contributed by atoms with van der Waals surface area (Å²) >= 11 is 13.5. The summed E-state index contributed by atoms with van der Waals surface area (Å²) < 4.78 is 0. The second kappa shape index (κ2) is 12.6. The zero-order chi connectivity index (χ0) is 26.4. The lowest BCUT2D eigenvalue weighted by atomic mass is 9.69. The summed E-state index contributed by atoms with van der Waals surface area (Å²) in [5.41, 5.74) is 1.28. The van der Waals surface area contributed by atoms with Gasteiger partial charge in [-0.3, -0.25) is 0 Å². The topological polar surface area (TPSA) is 78.9 Å². The van der Waals surface area contributed by atoms with Gasteiger partial charge >= 0.3 is 0 Å². The normalized spacial score (nSPS) is 17.7. The van der Waals surface area contributed by atoms with E-state index in [-0.39, 0.29) is 5.41 Å². The van der Waals surface area contributed by atoms with Crippen molar-refractivity contribution in [1.82, 2.24) is 25.3 Å². The van der Waals surface area contributed by atoms with Crippen molar-refractivity contribution in [2.45, 2.75) is 67.5 Å². The van der Waals surface area contributed by atoms with Gasteiger partial charge in [0.15, 0.2) is 10.3 Å². The first-order valence-electron chi connectivity index (χ1n) is 13.4. The number of nitrogens with zero attached hydrogens (tertiary/aromatic N) is 5. The second-order valence-electron chi connectivity index (χ2n) is 10.4. The van der Waals surface area contributed by atoms with Crippen LogP contribution in [0.15, 0.2) is 59.0 Å². The van der Waals surface area contributed by atoms with Crippen LogP contribution in [0.5, 0.6) is 0 Å². The van der Waals surface area contributed by atoms with E-state index in [9.17, 15) is 0 Å². The molecule has 0 atom stereocenters. The highest BCUT2D eigenvalue weighted by atomic mass is 35.5. The van der Waals surface area contributed by atoms with E-state index >= 15 is 0 Å². The van der Waals surface area contributed by atoms with Crippen LogP contribution in [0.4, 0.5) is 11.8 Å². The minimum atomic E-state index is 0.00769. The van der Waals surface area contributed by atoms with Crippen LogP contribution in [0.1, 0.15) is 57.4 Å². The summed E-state index contributed by atoms with van der Waals surface area (Å²) in [6, 6.07) is 12.1. The summed E-state index contributed by atoms with van der Waals surface area (Å²) in [5.74, 6) is 2.12. The number of halogens is 1.